The van der Waals surface area contributed by atoms with Crippen LogP contribution in [0, 0.1) is 155 Å². The van der Waals surface area contributed by atoms with Crippen molar-refractivity contribution in [2.45, 2.75) is 0 Å². The maximum atomic E-state index is 10.1. The van der Waals surface area contributed by atoms with Crippen LogP contribution in [0.5, 0.6) is 0 Å². The zero-order valence-corrected chi connectivity index (χ0v) is 22.3. The summed E-state index contributed by atoms with van der Waals surface area (Å²) in [7, 11) is 0. The van der Waals surface area contributed by atoms with Crippen molar-refractivity contribution >= 4 is 5.97 Å². The molecule has 0 atom stereocenters. The Morgan fingerprint density at radius 1 is 0.429 bits per heavy atom. The van der Waals surface area contributed by atoms with Crippen LogP contribution in [0.1, 0.15) is 0 Å². The molecule has 0 bridgehead atoms. The number of hydrogen-bond donors (Lipinski definition) is 1. The minimum absolute atomic E-state index is 0. The first-order valence-electron chi connectivity index (χ1n) is 8.07. The van der Waals surface area contributed by atoms with E-state index in [2.05, 4.69) is 26.6 Å². The first-order valence-corrected chi connectivity index (χ1v) is 8.07. The third kappa shape index (κ3) is 51.9. The summed E-state index contributed by atoms with van der Waals surface area (Å²) in [6, 6.07) is 0. The molecule has 4 rings (SSSR count). The van der Waals surface area contributed by atoms with E-state index in [1.807, 2.05) is 96.3 Å². The summed E-state index contributed by atoms with van der Waals surface area (Å²) < 4.78 is 30.0. The zero-order valence-electron chi connectivity index (χ0n) is 17.9. The van der Waals surface area contributed by atoms with Crippen molar-refractivity contribution in [2.75, 3.05) is 0 Å². The summed E-state index contributed by atoms with van der Waals surface area (Å²) in [5, 5.41) is 8.27. The maximum Gasteiger partial charge on any atom is 0 e. The van der Waals surface area contributed by atoms with Gasteiger partial charge in [-0.2, -0.15) is 0 Å². The molecule has 4 fully saturated rings. The SMILES string of the molecule is O=C(O)[C]1[CH][CH][CH][CH]1.[C-]#[O+].[C-]#[O+].[C-]#[O+].[C-]#[O+].[CH]1[CH][CH][CH][CH]1.[CH]1[CH][CH][CH][CH]1.[CH]1[CH][CH][CH][CH]1.[Fe].[Fe].[Fe].[Fe]. The molecule has 0 aromatic carbocycles. The summed E-state index contributed by atoms with van der Waals surface area (Å²) in [4.78, 5) is 10.1. The fourth-order valence-corrected chi connectivity index (χ4v) is 1.48. The monoisotopic (exact) mass is 640 g/mol. The van der Waals surface area contributed by atoms with E-state index in [0.29, 0.717) is 5.92 Å². The summed E-state index contributed by atoms with van der Waals surface area (Å²) in [6.45, 7) is 18.0. The van der Waals surface area contributed by atoms with Gasteiger partial charge in [0.05, 0.1) is 5.92 Å². The predicted molar refractivity (Wildman–Crippen MR) is 108 cm³/mol. The normalized spacial score (nSPS) is 15.4. The first kappa shape index (κ1) is 55.9. The molecule has 20 radical (unpaired) electrons. The van der Waals surface area contributed by atoms with Crippen molar-refractivity contribution in [3.8, 4) is 0 Å². The van der Waals surface area contributed by atoms with Gasteiger partial charge in [-0.1, -0.05) is 0 Å². The molecule has 4 aliphatic rings. The van der Waals surface area contributed by atoms with E-state index in [-0.39, 0.29) is 68.3 Å². The van der Waals surface area contributed by atoms with E-state index in [9.17, 15) is 4.79 Å². The van der Waals surface area contributed by atoms with E-state index in [1.54, 1.807) is 25.7 Å². The van der Waals surface area contributed by atoms with Gasteiger partial charge in [-0.05, 0) is 122 Å². The average molecular weight is 640 g/mol. The first-order chi connectivity index (χ1) is 15.3. The van der Waals surface area contributed by atoms with Crippen molar-refractivity contribution < 1.29 is 96.8 Å². The van der Waals surface area contributed by atoms with E-state index in [1.165, 1.54) is 0 Å². The molecule has 188 valence electrons. The van der Waals surface area contributed by atoms with Gasteiger partial charge in [0.15, 0.2) is 0 Å². The second kappa shape index (κ2) is 59.5. The molecular weight excluding hydrogens is 620 g/mol. The number of carbonyl (C=O) groups is 1. The van der Waals surface area contributed by atoms with Crippen LogP contribution >= 0.6 is 0 Å². The van der Waals surface area contributed by atoms with E-state index in [4.69, 9.17) is 23.7 Å². The summed E-state index contributed by atoms with van der Waals surface area (Å²) in [5.74, 6) is -0.514. The standard InChI is InChI=1S/C6H5O2.3C5H5.4CO.4Fe/c7-6(8)5-3-1-2-4-5;3*1-2-4-5-3-1;4*1-2;;;;/h1-4H,(H,7,8);3*1-5H;;;;;;;;. The molecule has 1 N–H and O–H groups in total. The maximum absolute atomic E-state index is 10.1. The van der Waals surface area contributed by atoms with Gasteiger partial charge >= 0.3 is 51.2 Å². The molecule has 0 unspecified atom stereocenters. The van der Waals surface area contributed by atoms with Crippen molar-refractivity contribution in [2.24, 2.45) is 0 Å². The fourth-order valence-electron chi connectivity index (χ4n) is 1.48. The number of hydrogen-bond acceptors (Lipinski definition) is 1. The van der Waals surface area contributed by atoms with Gasteiger partial charge in [-0.15, -0.1) is 0 Å². The molecule has 10 heteroatoms. The van der Waals surface area contributed by atoms with Gasteiger partial charge in [0, 0.05) is 68.3 Å². The Hall–Kier alpha value is 0.508. The van der Waals surface area contributed by atoms with Crippen LogP contribution in [-0.4, -0.2) is 11.1 Å². The Morgan fingerprint density at radius 3 is 0.657 bits per heavy atom. The van der Waals surface area contributed by atoms with Crippen molar-refractivity contribution in [3.63, 3.8) is 0 Å². The Bertz CT molecular complexity index is 354. The Morgan fingerprint density at radius 2 is 0.571 bits per heavy atom. The van der Waals surface area contributed by atoms with Crippen LogP contribution in [0.4, 0.5) is 0 Å². The summed E-state index contributed by atoms with van der Waals surface area (Å²) >= 11 is 0. The molecule has 35 heavy (non-hydrogen) atoms. The molecule has 4 aliphatic carbocycles. The molecule has 0 aromatic heterocycles. The molecule has 4 saturated carbocycles. The van der Waals surface area contributed by atoms with Gasteiger partial charge < -0.3 is 5.11 Å². The molecular formula is C25H20Fe4O6. The number of carboxylic acid groups (broad SMARTS) is 1. The van der Waals surface area contributed by atoms with Crippen LogP contribution in [-0.2, 0) is 91.7 Å². The number of rotatable bonds is 1. The average Bonchev–Trinajstić information content (AvgIpc) is 3.69. The largest absolute Gasteiger partial charge is 0.0312 e. The second-order valence-electron chi connectivity index (χ2n) is 4.37. The van der Waals surface area contributed by atoms with Crippen LogP contribution in [0.2, 0.25) is 0 Å². The molecule has 0 heterocycles. The van der Waals surface area contributed by atoms with E-state index < -0.39 is 5.97 Å². The zero-order chi connectivity index (χ0) is 24.6. The molecule has 0 amide bonds. The minimum atomic E-state index is -0.866. The molecule has 0 saturated heterocycles. The smallest absolute Gasteiger partial charge is 0 e. The van der Waals surface area contributed by atoms with Crippen LogP contribution in [0.25, 0.3) is 0 Å². The fraction of sp³-hybridized carbons (Fsp3) is 0. The van der Waals surface area contributed by atoms with Crippen LogP contribution < -0.4 is 0 Å². The second-order valence-corrected chi connectivity index (χ2v) is 4.37. The van der Waals surface area contributed by atoms with Crippen LogP contribution in [0.15, 0.2) is 0 Å². The van der Waals surface area contributed by atoms with Crippen LogP contribution in [0.3, 0.4) is 0 Å². The molecule has 0 spiro atoms. The van der Waals surface area contributed by atoms with Gasteiger partial charge in [0.25, 0.3) is 0 Å². The molecule has 6 nitrogen and oxygen atoms in total. The van der Waals surface area contributed by atoms with Gasteiger partial charge in [-0.25, -0.2) is 0 Å². The Balaban J connectivity index is -0.0000000413. The summed E-state index contributed by atoms with van der Waals surface area (Å²) in [5.41, 5.74) is 0. The Kier molecular flexibility index (Phi) is 95.1. The third-order valence-electron chi connectivity index (χ3n) is 2.58. The number of aliphatic carboxylic acids is 1. The number of carboxylic acids is 1. The van der Waals surface area contributed by atoms with E-state index >= 15 is 0 Å². The molecule has 0 aliphatic heterocycles. The van der Waals surface area contributed by atoms with Crippen molar-refractivity contribution in [3.05, 3.63) is 155 Å². The topological polar surface area (TPSA) is 117 Å². The van der Waals surface area contributed by atoms with Gasteiger partial charge in [0.2, 0.25) is 0 Å². The third-order valence-corrected chi connectivity index (χ3v) is 2.58. The minimum Gasteiger partial charge on any atom is -0.0312 e. The molecule has 0 aromatic rings. The summed E-state index contributed by atoms with van der Waals surface area (Å²) in [6.07, 6.45) is 36.5. The van der Waals surface area contributed by atoms with Crippen molar-refractivity contribution in [1.29, 1.82) is 0 Å². The predicted octanol–water partition coefficient (Wildman–Crippen LogP) is 3.38. The quantitative estimate of drug-likeness (QED) is 0.269. The van der Waals surface area contributed by atoms with E-state index in [0.717, 1.165) is 0 Å². The Labute approximate surface area is 255 Å². The van der Waals surface area contributed by atoms with Crippen molar-refractivity contribution in [1.82, 2.24) is 0 Å². The van der Waals surface area contributed by atoms with Gasteiger partial charge in [-0.3, -0.25) is 4.79 Å². The van der Waals surface area contributed by atoms with Gasteiger partial charge in [0.1, 0.15) is 0 Å².